The van der Waals surface area contributed by atoms with Crippen LogP contribution in [-0.4, -0.2) is 35.0 Å². The van der Waals surface area contributed by atoms with E-state index in [2.05, 4.69) is 10.6 Å². The van der Waals surface area contributed by atoms with Gasteiger partial charge in [-0.2, -0.15) is 0 Å². The second-order valence-electron chi connectivity index (χ2n) is 8.49. The number of hydrogen-bond acceptors (Lipinski definition) is 3. The van der Waals surface area contributed by atoms with Crippen molar-refractivity contribution in [3.8, 4) is 0 Å². The Bertz CT molecular complexity index is 1360. The van der Waals surface area contributed by atoms with Gasteiger partial charge in [0.15, 0.2) is 0 Å². The normalized spacial score (nSPS) is 12.7. The topological polar surface area (TPSA) is 95.5 Å². The zero-order valence-corrected chi connectivity index (χ0v) is 19.1. The zero-order valence-electron chi connectivity index (χ0n) is 19.1. The molecule has 2 amide bonds. The summed E-state index contributed by atoms with van der Waals surface area (Å²) < 4.78 is 13.6. The van der Waals surface area contributed by atoms with Gasteiger partial charge < -0.3 is 15.7 Å². The van der Waals surface area contributed by atoms with E-state index in [-0.39, 0.29) is 12.8 Å². The van der Waals surface area contributed by atoms with Gasteiger partial charge in [-0.15, -0.1) is 0 Å². The molecule has 2 atom stereocenters. The van der Waals surface area contributed by atoms with E-state index in [9.17, 15) is 23.9 Å². The highest BCUT2D eigenvalue weighted by Gasteiger charge is 2.27. The predicted molar refractivity (Wildman–Crippen MR) is 132 cm³/mol. The number of aliphatic carboxylic acids is 1. The van der Waals surface area contributed by atoms with Crippen LogP contribution in [0.1, 0.15) is 18.1 Å². The standard InChI is InChI=1S/C28H25FN2O4/c1-17(32)30-25(14-18-7-6-10-21(29)13-18)27(33)31-26(28(34)35)16-24-22-11-4-2-8-19(22)15-20-9-3-5-12-23(20)24/h2-13,15,25-26H,14,16H2,1H3,(H,30,32)(H,31,33)(H,34,35)/t25-,26-/m0/s1. The molecule has 178 valence electrons. The van der Waals surface area contributed by atoms with Crippen LogP contribution in [-0.2, 0) is 27.2 Å². The molecule has 0 aliphatic heterocycles. The van der Waals surface area contributed by atoms with Gasteiger partial charge in [0.25, 0.3) is 0 Å². The zero-order chi connectivity index (χ0) is 24.9. The van der Waals surface area contributed by atoms with Crippen LogP contribution in [0, 0.1) is 5.82 Å². The van der Waals surface area contributed by atoms with Gasteiger partial charge in [0, 0.05) is 19.8 Å². The number of carbonyl (C=O) groups is 3. The Labute approximate surface area is 201 Å². The minimum Gasteiger partial charge on any atom is -0.480 e. The highest BCUT2D eigenvalue weighted by Crippen LogP contribution is 2.29. The number of carboxylic acids is 1. The maximum Gasteiger partial charge on any atom is 0.326 e. The van der Waals surface area contributed by atoms with Gasteiger partial charge in [0.2, 0.25) is 11.8 Å². The molecule has 0 spiro atoms. The molecule has 4 aromatic rings. The van der Waals surface area contributed by atoms with Crippen molar-refractivity contribution in [1.29, 1.82) is 0 Å². The summed E-state index contributed by atoms with van der Waals surface area (Å²) in [5, 5.41) is 18.9. The Balaban J connectivity index is 1.64. The van der Waals surface area contributed by atoms with Crippen LogP contribution in [0.2, 0.25) is 0 Å². The lowest BCUT2D eigenvalue weighted by Crippen LogP contribution is -2.52. The molecule has 7 heteroatoms. The second-order valence-corrected chi connectivity index (χ2v) is 8.49. The molecule has 0 aromatic heterocycles. The van der Waals surface area contributed by atoms with Gasteiger partial charge in [-0.3, -0.25) is 9.59 Å². The number of halogens is 1. The monoisotopic (exact) mass is 472 g/mol. The van der Waals surface area contributed by atoms with Crippen molar-refractivity contribution in [1.82, 2.24) is 10.6 Å². The smallest absolute Gasteiger partial charge is 0.326 e. The van der Waals surface area contributed by atoms with Crippen molar-refractivity contribution in [3.63, 3.8) is 0 Å². The molecule has 35 heavy (non-hydrogen) atoms. The lowest BCUT2D eigenvalue weighted by Gasteiger charge is -2.22. The van der Waals surface area contributed by atoms with E-state index >= 15 is 0 Å². The van der Waals surface area contributed by atoms with Crippen LogP contribution in [0.15, 0.2) is 78.9 Å². The van der Waals surface area contributed by atoms with E-state index < -0.39 is 35.7 Å². The van der Waals surface area contributed by atoms with Crippen molar-refractivity contribution in [2.24, 2.45) is 0 Å². The molecule has 0 fully saturated rings. The molecule has 0 saturated carbocycles. The Morgan fingerprint density at radius 2 is 1.43 bits per heavy atom. The minimum absolute atomic E-state index is 0.0205. The first-order valence-electron chi connectivity index (χ1n) is 11.3. The van der Waals surface area contributed by atoms with E-state index in [1.165, 1.54) is 25.1 Å². The fourth-order valence-corrected chi connectivity index (χ4v) is 4.36. The van der Waals surface area contributed by atoms with Crippen LogP contribution >= 0.6 is 0 Å². The Morgan fingerprint density at radius 3 is 2.00 bits per heavy atom. The molecule has 0 saturated heterocycles. The fourth-order valence-electron chi connectivity index (χ4n) is 4.36. The Morgan fingerprint density at radius 1 is 0.800 bits per heavy atom. The molecule has 0 bridgehead atoms. The quantitative estimate of drug-likeness (QED) is 0.338. The summed E-state index contributed by atoms with van der Waals surface area (Å²) in [5.41, 5.74) is 1.32. The molecule has 0 unspecified atom stereocenters. The predicted octanol–water partition coefficient (Wildman–Crippen LogP) is 3.99. The van der Waals surface area contributed by atoms with Crippen LogP contribution in [0.5, 0.6) is 0 Å². The molecule has 0 aliphatic rings. The van der Waals surface area contributed by atoms with E-state index in [0.29, 0.717) is 5.56 Å². The summed E-state index contributed by atoms with van der Waals surface area (Å²) in [5.74, 6) is -2.76. The highest BCUT2D eigenvalue weighted by molar-refractivity contribution is 6.03. The molecular formula is C28H25FN2O4. The first-order chi connectivity index (χ1) is 16.8. The summed E-state index contributed by atoms with van der Waals surface area (Å²) >= 11 is 0. The summed E-state index contributed by atoms with van der Waals surface area (Å²) in [6, 6.07) is 20.9. The molecular weight excluding hydrogens is 447 g/mol. The van der Waals surface area contributed by atoms with Crippen LogP contribution in [0.3, 0.4) is 0 Å². The first kappa shape index (κ1) is 23.9. The van der Waals surface area contributed by atoms with Gasteiger partial charge >= 0.3 is 5.97 Å². The third-order valence-electron chi connectivity index (χ3n) is 5.93. The first-order valence-corrected chi connectivity index (χ1v) is 11.3. The SMILES string of the molecule is CC(=O)N[C@@H](Cc1cccc(F)c1)C(=O)N[C@@H](Cc1c2ccccc2cc2ccccc12)C(=O)O. The molecule has 4 rings (SSSR count). The molecule has 0 heterocycles. The maximum absolute atomic E-state index is 13.6. The summed E-state index contributed by atoms with van der Waals surface area (Å²) in [6.07, 6.45) is 0.0718. The molecule has 4 aromatic carbocycles. The van der Waals surface area contributed by atoms with Crippen molar-refractivity contribution in [2.75, 3.05) is 0 Å². The lowest BCUT2D eigenvalue weighted by molar-refractivity contribution is -0.142. The van der Waals surface area contributed by atoms with E-state index in [1.54, 1.807) is 6.07 Å². The Hall–Kier alpha value is -4.26. The molecule has 0 aliphatic carbocycles. The van der Waals surface area contributed by atoms with Gasteiger partial charge in [0.1, 0.15) is 17.9 Å². The summed E-state index contributed by atoms with van der Waals surface area (Å²) in [7, 11) is 0. The van der Waals surface area contributed by atoms with Gasteiger partial charge in [-0.05, 0) is 50.9 Å². The summed E-state index contributed by atoms with van der Waals surface area (Å²) in [6.45, 7) is 1.27. The van der Waals surface area contributed by atoms with Crippen LogP contribution in [0.4, 0.5) is 4.39 Å². The van der Waals surface area contributed by atoms with Crippen LogP contribution in [0.25, 0.3) is 21.5 Å². The third kappa shape index (κ3) is 5.63. The molecule has 6 nitrogen and oxygen atoms in total. The number of fused-ring (bicyclic) bond motifs is 2. The number of benzene rings is 4. The number of hydrogen-bond donors (Lipinski definition) is 3. The Kier molecular flexibility index (Phi) is 7.06. The minimum atomic E-state index is -1.24. The number of amides is 2. The van der Waals surface area contributed by atoms with Gasteiger partial charge in [-0.1, -0.05) is 60.7 Å². The third-order valence-corrected chi connectivity index (χ3v) is 5.93. The average molecular weight is 473 g/mol. The molecule has 3 N–H and O–H groups in total. The van der Waals surface area contributed by atoms with Gasteiger partial charge in [0.05, 0.1) is 0 Å². The molecule has 0 radical (unpaired) electrons. The van der Waals surface area contributed by atoms with Crippen molar-refractivity contribution in [3.05, 3.63) is 95.8 Å². The average Bonchev–Trinajstić information content (AvgIpc) is 2.82. The number of carboxylic acid groups (broad SMARTS) is 1. The van der Waals surface area contributed by atoms with E-state index in [1.807, 2.05) is 54.6 Å². The van der Waals surface area contributed by atoms with Gasteiger partial charge in [-0.25, -0.2) is 9.18 Å². The number of nitrogens with one attached hydrogen (secondary N) is 2. The van der Waals surface area contributed by atoms with Crippen molar-refractivity contribution in [2.45, 2.75) is 31.8 Å². The largest absolute Gasteiger partial charge is 0.480 e. The summed E-state index contributed by atoms with van der Waals surface area (Å²) in [4.78, 5) is 37.1. The highest BCUT2D eigenvalue weighted by atomic mass is 19.1. The van der Waals surface area contributed by atoms with Crippen molar-refractivity contribution >= 4 is 39.3 Å². The maximum atomic E-state index is 13.6. The van der Waals surface area contributed by atoms with Crippen LogP contribution < -0.4 is 10.6 Å². The second kappa shape index (κ2) is 10.3. The lowest BCUT2D eigenvalue weighted by atomic mass is 9.92. The number of carbonyl (C=O) groups excluding carboxylic acids is 2. The van der Waals surface area contributed by atoms with E-state index in [0.717, 1.165) is 27.1 Å². The van der Waals surface area contributed by atoms with E-state index in [4.69, 9.17) is 0 Å². The number of rotatable bonds is 8. The fraction of sp³-hybridized carbons (Fsp3) is 0.179. The van der Waals surface area contributed by atoms with Crippen molar-refractivity contribution < 1.29 is 23.9 Å².